The predicted molar refractivity (Wildman–Crippen MR) is 87.4 cm³/mol. The molecule has 21 heavy (non-hydrogen) atoms. The summed E-state index contributed by atoms with van der Waals surface area (Å²) in [7, 11) is 3.40. The first-order chi connectivity index (χ1) is 10.2. The standard InChI is InChI=1S/C18H23NO2/c1-5-15(14-8-6-7-9-17(14)20-3)19-16-11-10-13(2)12-18(16)21-4/h6-12,15,19H,5H2,1-4H3. The number of aryl methyl sites for hydroxylation is 1. The minimum absolute atomic E-state index is 0.178. The summed E-state index contributed by atoms with van der Waals surface area (Å²) in [4.78, 5) is 0. The third kappa shape index (κ3) is 3.48. The van der Waals surface area contributed by atoms with E-state index in [0.29, 0.717) is 0 Å². The van der Waals surface area contributed by atoms with E-state index in [1.807, 2.05) is 24.3 Å². The molecule has 2 rings (SSSR count). The van der Waals surface area contributed by atoms with E-state index >= 15 is 0 Å². The summed E-state index contributed by atoms with van der Waals surface area (Å²) in [5.74, 6) is 1.77. The second-order valence-corrected chi connectivity index (χ2v) is 5.05. The maximum atomic E-state index is 5.47. The van der Waals surface area contributed by atoms with E-state index in [9.17, 15) is 0 Å². The average Bonchev–Trinajstić information content (AvgIpc) is 2.53. The molecule has 1 N–H and O–H groups in total. The summed E-state index contributed by atoms with van der Waals surface area (Å²) in [5, 5.41) is 3.56. The molecule has 0 aliphatic heterocycles. The molecular formula is C18H23NO2. The van der Waals surface area contributed by atoms with E-state index in [1.165, 1.54) is 5.56 Å². The molecule has 0 aromatic heterocycles. The van der Waals surface area contributed by atoms with E-state index in [0.717, 1.165) is 29.2 Å². The number of hydrogen-bond acceptors (Lipinski definition) is 3. The van der Waals surface area contributed by atoms with Crippen molar-refractivity contribution >= 4 is 5.69 Å². The summed E-state index contributed by atoms with van der Waals surface area (Å²) in [6.07, 6.45) is 0.956. The highest BCUT2D eigenvalue weighted by Crippen LogP contribution is 2.33. The fourth-order valence-corrected chi connectivity index (χ4v) is 2.46. The quantitative estimate of drug-likeness (QED) is 0.843. The third-order valence-electron chi connectivity index (χ3n) is 3.61. The van der Waals surface area contributed by atoms with Crippen LogP contribution in [0.2, 0.25) is 0 Å². The first-order valence-corrected chi connectivity index (χ1v) is 7.23. The van der Waals surface area contributed by atoms with Crippen LogP contribution in [0.15, 0.2) is 42.5 Å². The van der Waals surface area contributed by atoms with Crippen molar-refractivity contribution in [3.8, 4) is 11.5 Å². The maximum absolute atomic E-state index is 5.47. The van der Waals surface area contributed by atoms with E-state index in [2.05, 4.69) is 37.4 Å². The van der Waals surface area contributed by atoms with Gasteiger partial charge in [-0.25, -0.2) is 0 Å². The van der Waals surface area contributed by atoms with Crippen LogP contribution in [0.25, 0.3) is 0 Å². The summed E-state index contributed by atoms with van der Waals surface area (Å²) in [6.45, 7) is 4.22. The van der Waals surface area contributed by atoms with Crippen LogP contribution < -0.4 is 14.8 Å². The van der Waals surface area contributed by atoms with Crippen LogP contribution in [0.3, 0.4) is 0 Å². The molecule has 112 valence electrons. The molecule has 0 radical (unpaired) electrons. The Labute approximate surface area is 126 Å². The Morgan fingerprint density at radius 1 is 1.00 bits per heavy atom. The normalized spacial score (nSPS) is 11.8. The van der Waals surface area contributed by atoms with Gasteiger partial charge in [0, 0.05) is 5.56 Å². The van der Waals surface area contributed by atoms with E-state index < -0.39 is 0 Å². The molecule has 0 heterocycles. The Bertz CT molecular complexity index is 596. The van der Waals surface area contributed by atoms with Crippen LogP contribution in [0, 0.1) is 6.92 Å². The minimum atomic E-state index is 0.178. The molecule has 0 aliphatic carbocycles. The monoisotopic (exact) mass is 285 g/mol. The Hall–Kier alpha value is -2.16. The van der Waals surface area contributed by atoms with Crippen molar-refractivity contribution in [1.82, 2.24) is 0 Å². The second kappa shape index (κ2) is 7.02. The van der Waals surface area contributed by atoms with Crippen molar-refractivity contribution in [2.75, 3.05) is 19.5 Å². The van der Waals surface area contributed by atoms with Crippen molar-refractivity contribution in [1.29, 1.82) is 0 Å². The zero-order valence-corrected chi connectivity index (χ0v) is 13.1. The lowest BCUT2D eigenvalue weighted by molar-refractivity contribution is 0.405. The summed E-state index contributed by atoms with van der Waals surface area (Å²) >= 11 is 0. The average molecular weight is 285 g/mol. The van der Waals surface area contributed by atoms with Gasteiger partial charge in [0.15, 0.2) is 0 Å². The Morgan fingerprint density at radius 3 is 2.38 bits per heavy atom. The van der Waals surface area contributed by atoms with Gasteiger partial charge < -0.3 is 14.8 Å². The zero-order chi connectivity index (χ0) is 15.2. The molecule has 0 amide bonds. The van der Waals surface area contributed by atoms with Crippen LogP contribution in [-0.2, 0) is 0 Å². The first-order valence-electron chi connectivity index (χ1n) is 7.23. The maximum Gasteiger partial charge on any atom is 0.142 e. The molecule has 0 saturated carbocycles. The SMILES string of the molecule is CCC(Nc1ccc(C)cc1OC)c1ccccc1OC. The molecule has 2 aromatic carbocycles. The number of ether oxygens (including phenoxy) is 2. The van der Waals surface area contributed by atoms with Gasteiger partial charge in [0.05, 0.1) is 25.9 Å². The lowest BCUT2D eigenvalue weighted by Crippen LogP contribution is -2.11. The molecule has 1 unspecified atom stereocenters. The number of rotatable bonds is 6. The van der Waals surface area contributed by atoms with Gasteiger partial charge in [-0.1, -0.05) is 31.2 Å². The number of hydrogen-bond donors (Lipinski definition) is 1. The third-order valence-corrected chi connectivity index (χ3v) is 3.61. The highest BCUT2D eigenvalue weighted by atomic mass is 16.5. The Balaban J connectivity index is 2.31. The molecule has 1 atom stereocenters. The molecule has 2 aromatic rings. The van der Waals surface area contributed by atoms with Crippen molar-refractivity contribution in [3.63, 3.8) is 0 Å². The van der Waals surface area contributed by atoms with Gasteiger partial charge in [0.2, 0.25) is 0 Å². The lowest BCUT2D eigenvalue weighted by Gasteiger charge is -2.22. The zero-order valence-electron chi connectivity index (χ0n) is 13.1. The van der Waals surface area contributed by atoms with Gasteiger partial charge >= 0.3 is 0 Å². The van der Waals surface area contributed by atoms with Crippen LogP contribution in [0.4, 0.5) is 5.69 Å². The fourth-order valence-electron chi connectivity index (χ4n) is 2.46. The van der Waals surface area contributed by atoms with Crippen LogP contribution in [-0.4, -0.2) is 14.2 Å². The molecule has 0 saturated heterocycles. The van der Waals surface area contributed by atoms with E-state index in [1.54, 1.807) is 14.2 Å². The van der Waals surface area contributed by atoms with Crippen molar-refractivity contribution < 1.29 is 9.47 Å². The molecular weight excluding hydrogens is 262 g/mol. The molecule has 3 nitrogen and oxygen atoms in total. The second-order valence-electron chi connectivity index (χ2n) is 5.05. The van der Waals surface area contributed by atoms with Gasteiger partial charge in [-0.15, -0.1) is 0 Å². The predicted octanol–water partition coefficient (Wildman–Crippen LogP) is 4.58. The molecule has 0 aliphatic rings. The van der Waals surface area contributed by atoms with E-state index in [4.69, 9.17) is 9.47 Å². The van der Waals surface area contributed by atoms with Crippen molar-refractivity contribution in [2.45, 2.75) is 26.3 Å². The minimum Gasteiger partial charge on any atom is -0.496 e. The molecule has 0 bridgehead atoms. The van der Waals surface area contributed by atoms with E-state index in [-0.39, 0.29) is 6.04 Å². The van der Waals surface area contributed by atoms with Gasteiger partial charge in [-0.3, -0.25) is 0 Å². The van der Waals surface area contributed by atoms with Crippen molar-refractivity contribution in [3.05, 3.63) is 53.6 Å². The van der Waals surface area contributed by atoms with Crippen LogP contribution in [0.1, 0.15) is 30.5 Å². The Morgan fingerprint density at radius 2 is 1.71 bits per heavy atom. The number of nitrogens with one attached hydrogen (secondary N) is 1. The highest BCUT2D eigenvalue weighted by Gasteiger charge is 2.15. The van der Waals surface area contributed by atoms with Gasteiger partial charge in [-0.2, -0.15) is 0 Å². The van der Waals surface area contributed by atoms with Gasteiger partial charge in [0.1, 0.15) is 11.5 Å². The summed E-state index contributed by atoms with van der Waals surface area (Å²) in [6, 6.07) is 14.5. The van der Waals surface area contributed by atoms with Crippen LogP contribution in [0.5, 0.6) is 11.5 Å². The van der Waals surface area contributed by atoms with Gasteiger partial charge in [0.25, 0.3) is 0 Å². The van der Waals surface area contributed by atoms with Crippen LogP contribution >= 0.6 is 0 Å². The van der Waals surface area contributed by atoms with Crippen molar-refractivity contribution in [2.24, 2.45) is 0 Å². The fraction of sp³-hybridized carbons (Fsp3) is 0.333. The molecule has 0 fully saturated rings. The number of anilines is 1. The number of para-hydroxylation sites is 1. The number of benzene rings is 2. The Kier molecular flexibility index (Phi) is 5.09. The highest BCUT2D eigenvalue weighted by molar-refractivity contribution is 5.59. The topological polar surface area (TPSA) is 30.5 Å². The molecule has 3 heteroatoms. The lowest BCUT2D eigenvalue weighted by atomic mass is 10.0. The smallest absolute Gasteiger partial charge is 0.142 e. The molecule has 0 spiro atoms. The van der Waals surface area contributed by atoms with Gasteiger partial charge in [-0.05, 0) is 37.1 Å². The summed E-state index contributed by atoms with van der Waals surface area (Å²) in [5.41, 5.74) is 3.34. The number of methoxy groups -OCH3 is 2. The summed E-state index contributed by atoms with van der Waals surface area (Å²) < 4.78 is 10.9. The largest absolute Gasteiger partial charge is 0.496 e. The first kappa shape index (κ1) is 15.2.